The molecule has 2 rings (SSSR count). The Bertz CT molecular complexity index is 507. The number of rotatable bonds is 5. The number of nitrogens with one attached hydrogen (secondary N) is 2. The van der Waals surface area contributed by atoms with E-state index in [1.165, 1.54) is 0 Å². The monoisotopic (exact) mass is 244 g/mol. The summed E-state index contributed by atoms with van der Waals surface area (Å²) in [6, 6.07) is 7.70. The first-order chi connectivity index (χ1) is 8.79. The van der Waals surface area contributed by atoms with Crippen LogP contribution in [-0.4, -0.2) is 15.9 Å². The van der Waals surface area contributed by atoms with Crippen molar-refractivity contribution in [3.8, 4) is 0 Å². The summed E-state index contributed by atoms with van der Waals surface area (Å²) in [4.78, 5) is 18.8. The van der Waals surface area contributed by atoms with Crippen LogP contribution in [-0.2, 0) is 24.3 Å². The molecule has 0 spiro atoms. The molecule has 0 radical (unpaired) electrons. The van der Waals surface area contributed by atoms with Crippen molar-refractivity contribution in [2.45, 2.75) is 19.5 Å². The van der Waals surface area contributed by atoms with Crippen LogP contribution in [0.5, 0.6) is 0 Å². The van der Waals surface area contributed by atoms with Gasteiger partial charge in [0.2, 0.25) is 5.91 Å². The molecule has 0 saturated carbocycles. The van der Waals surface area contributed by atoms with Crippen LogP contribution >= 0.6 is 0 Å². The maximum Gasteiger partial charge on any atom is 0.224 e. The Balaban J connectivity index is 1.90. The minimum atomic E-state index is -0.0349. The maximum absolute atomic E-state index is 11.8. The molecular formula is C13H16N4O. The van der Waals surface area contributed by atoms with Gasteiger partial charge in [-0.15, -0.1) is 0 Å². The number of carbonyl (C=O) groups is 1. The number of nitrogens with zero attached hydrogens (tertiary/aromatic N) is 1. The van der Waals surface area contributed by atoms with Gasteiger partial charge in [-0.3, -0.25) is 4.79 Å². The third-order valence-electron chi connectivity index (χ3n) is 2.70. The SMILES string of the molecule is NCc1ccccc1CC(=O)NCc1ncc[nH]1. The van der Waals surface area contributed by atoms with Gasteiger partial charge in [0.15, 0.2) is 0 Å². The molecule has 5 heteroatoms. The number of aromatic nitrogens is 2. The van der Waals surface area contributed by atoms with Crippen LogP contribution in [0.4, 0.5) is 0 Å². The Kier molecular flexibility index (Phi) is 4.09. The summed E-state index contributed by atoms with van der Waals surface area (Å²) in [6.45, 7) is 0.859. The predicted octanol–water partition coefficient (Wildman–Crippen LogP) is 0.727. The van der Waals surface area contributed by atoms with Crippen LogP contribution in [0.1, 0.15) is 17.0 Å². The normalized spacial score (nSPS) is 10.3. The third-order valence-corrected chi connectivity index (χ3v) is 2.70. The molecule has 94 valence electrons. The lowest BCUT2D eigenvalue weighted by Crippen LogP contribution is -2.25. The average molecular weight is 244 g/mol. The zero-order valence-corrected chi connectivity index (χ0v) is 10.0. The van der Waals surface area contributed by atoms with E-state index in [1.54, 1.807) is 12.4 Å². The molecule has 5 nitrogen and oxygen atoms in total. The Labute approximate surface area is 105 Å². The van der Waals surface area contributed by atoms with Crippen molar-refractivity contribution in [1.29, 1.82) is 0 Å². The van der Waals surface area contributed by atoms with E-state index in [2.05, 4.69) is 15.3 Å². The number of imidazole rings is 1. The molecule has 1 amide bonds. The summed E-state index contributed by atoms with van der Waals surface area (Å²) in [5.41, 5.74) is 7.61. The summed E-state index contributed by atoms with van der Waals surface area (Å²) in [6.07, 6.45) is 3.73. The van der Waals surface area contributed by atoms with E-state index >= 15 is 0 Å². The molecule has 0 atom stereocenters. The summed E-state index contributed by atoms with van der Waals surface area (Å²) >= 11 is 0. The van der Waals surface area contributed by atoms with Gasteiger partial charge in [-0.2, -0.15) is 0 Å². The Morgan fingerprint density at radius 3 is 2.78 bits per heavy atom. The first-order valence-electron chi connectivity index (χ1n) is 5.81. The van der Waals surface area contributed by atoms with Crippen LogP contribution in [0.3, 0.4) is 0 Å². The molecule has 0 fully saturated rings. The summed E-state index contributed by atoms with van der Waals surface area (Å²) in [5.74, 6) is 0.711. The topological polar surface area (TPSA) is 83.8 Å². The highest BCUT2D eigenvalue weighted by atomic mass is 16.1. The minimum absolute atomic E-state index is 0.0349. The number of carbonyl (C=O) groups excluding carboxylic acids is 1. The van der Waals surface area contributed by atoms with Crippen LogP contribution in [0.25, 0.3) is 0 Å². The van der Waals surface area contributed by atoms with Crippen LogP contribution < -0.4 is 11.1 Å². The number of aromatic amines is 1. The minimum Gasteiger partial charge on any atom is -0.349 e. The lowest BCUT2D eigenvalue weighted by Gasteiger charge is -2.07. The van der Waals surface area contributed by atoms with Crippen LogP contribution in [0.2, 0.25) is 0 Å². The Morgan fingerprint density at radius 2 is 2.11 bits per heavy atom. The molecule has 0 aliphatic carbocycles. The average Bonchev–Trinajstić information content (AvgIpc) is 2.90. The second-order valence-electron chi connectivity index (χ2n) is 3.96. The van der Waals surface area contributed by atoms with Gasteiger partial charge in [0, 0.05) is 18.9 Å². The molecule has 0 saturated heterocycles. The van der Waals surface area contributed by atoms with E-state index in [-0.39, 0.29) is 5.91 Å². The first kappa shape index (κ1) is 12.3. The van der Waals surface area contributed by atoms with E-state index in [0.717, 1.165) is 17.0 Å². The number of hydrogen-bond donors (Lipinski definition) is 3. The highest BCUT2D eigenvalue weighted by Crippen LogP contribution is 2.08. The van der Waals surface area contributed by atoms with E-state index < -0.39 is 0 Å². The number of hydrogen-bond acceptors (Lipinski definition) is 3. The molecule has 1 heterocycles. The molecule has 0 aliphatic heterocycles. The number of amides is 1. The van der Waals surface area contributed by atoms with Gasteiger partial charge in [-0.1, -0.05) is 24.3 Å². The van der Waals surface area contributed by atoms with Crippen molar-refractivity contribution in [1.82, 2.24) is 15.3 Å². The molecule has 18 heavy (non-hydrogen) atoms. The predicted molar refractivity (Wildman–Crippen MR) is 68.5 cm³/mol. The first-order valence-corrected chi connectivity index (χ1v) is 5.81. The molecule has 0 aliphatic rings. The van der Waals surface area contributed by atoms with Gasteiger partial charge < -0.3 is 16.0 Å². The zero-order chi connectivity index (χ0) is 12.8. The van der Waals surface area contributed by atoms with Crippen LogP contribution in [0, 0.1) is 0 Å². The van der Waals surface area contributed by atoms with Crippen LogP contribution in [0.15, 0.2) is 36.7 Å². The lowest BCUT2D eigenvalue weighted by atomic mass is 10.0. The molecular weight excluding hydrogens is 228 g/mol. The van der Waals surface area contributed by atoms with Crippen molar-refractivity contribution in [2.24, 2.45) is 5.73 Å². The van der Waals surface area contributed by atoms with E-state index in [4.69, 9.17) is 5.73 Å². The molecule has 1 aromatic heterocycles. The third kappa shape index (κ3) is 3.18. The molecule has 0 bridgehead atoms. The molecule has 0 unspecified atom stereocenters. The second kappa shape index (κ2) is 5.97. The van der Waals surface area contributed by atoms with E-state index in [1.807, 2.05) is 24.3 Å². The fourth-order valence-corrected chi connectivity index (χ4v) is 1.74. The fourth-order valence-electron chi connectivity index (χ4n) is 1.74. The Morgan fingerprint density at radius 1 is 1.33 bits per heavy atom. The highest BCUT2D eigenvalue weighted by Gasteiger charge is 2.07. The quantitative estimate of drug-likeness (QED) is 0.725. The van der Waals surface area contributed by atoms with Crippen molar-refractivity contribution in [3.63, 3.8) is 0 Å². The van der Waals surface area contributed by atoms with Gasteiger partial charge >= 0.3 is 0 Å². The molecule has 1 aromatic carbocycles. The number of H-pyrrole nitrogens is 1. The largest absolute Gasteiger partial charge is 0.349 e. The highest BCUT2D eigenvalue weighted by molar-refractivity contribution is 5.78. The maximum atomic E-state index is 11.8. The van der Waals surface area contributed by atoms with Crippen molar-refractivity contribution in [2.75, 3.05) is 0 Å². The van der Waals surface area contributed by atoms with Crippen molar-refractivity contribution in [3.05, 3.63) is 53.6 Å². The molecule has 2 aromatic rings. The van der Waals surface area contributed by atoms with E-state index in [0.29, 0.717) is 19.5 Å². The molecule has 4 N–H and O–H groups in total. The van der Waals surface area contributed by atoms with Gasteiger partial charge in [0.25, 0.3) is 0 Å². The zero-order valence-electron chi connectivity index (χ0n) is 10.0. The van der Waals surface area contributed by atoms with Crippen molar-refractivity contribution >= 4 is 5.91 Å². The number of nitrogens with two attached hydrogens (primary N) is 1. The summed E-state index contributed by atoms with van der Waals surface area (Å²) < 4.78 is 0. The lowest BCUT2D eigenvalue weighted by molar-refractivity contribution is -0.120. The van der Waals surface area contributed by atoms with Gasteiger partial charge in [-0.05, 0) is 11.1 Å². The Hall–Kier alpha value is -2.14. The van der Waals surface area contributed by atoms with Gasteiger partial charge in [-0.25, -0.2) is 4.98 Å². The summed E-state index contributed by atoms with van der Waals surface area (Å²) in [5, 5.41) is 2.81. The van der Waals surface area contributed by atoms with Crippen molar-refractivity contribution < 1.29 is 4.79 Å². The smallest absolute Gasteiger partial charge is 0.224 e. The van der Waals surface area contributed by atoms with Gasteiger partial charge in [0.05, 0.1) is 13.0 Å². The summed E-state index contributed by atoms with van der Waals surface area (Å²) in [7, 11) is 0. The number of benzene rings is 1. The van der Waals surface area contributed by atoms with E-state index in [9.17, 15) is 4.79 Å². The standard InChI is InChI=1S/C13H16N4O/c14-8-11-4-2-1-3-10(11)7-13(18)17-9-12-15-5-6-16-12/h1-6H,7-9,14H2,(H,15,16)(H,17,18). The second-order valence-corrected chi connectivity index (χ2v) is 3.96. The van der Waals surface area contributed by atoms with Gasteiger partial charge in [0.1, 0.15) is 5.82 Å². The fraction of sp³-hybridized carbons (Fsp3) is 0.231.